The van der Waals surface area contributed by atoms with Crippen LogP contribution in [0.1, 0.15) is 24.5 Å². The highest BCUT2D eigenvalue weighted by Crippen LogP contribution is 2.28. The van der Waals surface area contributed by atoms with Crippen LogP contribution >= 0.6 is 15.9 Å². The van der Waals surface area contributed by atoms with E-state index in [1.165, 1.54) is 0 Å². The maximum Gasteiger partial charge on any atom is 0.335 e. The maximum absolute atomic E-state index is 12.8. The zero-order valence-electron chi connectivity index (χ0n) is 15.1. The van der Waals surface area contributed by atoms with E-state index in [9.17, 15) is 4.79 Å². The molecule has 3 rings (SSSR count). The smallest absolute Gasteiger partial charge is 0.335 e. The molecule has 1 aliphatic rings. The van der Waals surface area contributed by atoms with Gasteiger partial charge in [-0.25, -0.2) is 4.79 Å². The monoisotopic (exact) mass is 413 g/mol. The minimum Gasteiger partial charge on any atom is -0.462 e. The second-order valence-corrected chi connectivity index (χ2v) is 7.37. The van der Waals surface area contributed by atoms with Crippen LogP contribution in [0.25, 0.3) is 5.57 Å². The lowest BCUT2D eigenvalue weighted by molar-refractivity contribution is -0.139. The van der Waals surface area contributed by atoms with Crippen LogP contribution in [0.15, 0.2) is 64.6 Å². The quantitative estimate of drug-likeness (QED) is 0.641. The van der Waals surface area contributed by atoms with Crippen LogP contribution in [-0.2, 0) is 16.0 Å². The highest BCUT2D eigenvalue weighted by molar-refractivity contribution is 9.10. The zero-order valence-corrected chi connectivity index (χ0v) is 16.7. The van der Waals surface area contributed by atoms with E-state index in [4.69, 9.17) is 4.74 Å². The first-order valence-electron chi connectivity index (χ1n) is 9.08. The lowest BCUT2D eigenvalue weighted by Crippen LogP contribution is -2.34. The summed E-state index contributed by atoms with van der Waals surface area (Å²) in [5.74, 6) is -0.181. The van der Waals surface area contributed by atoms with Gasteiger partial charge < -0.3 is 4.74 Å². The van der Waals surface area contributed by atoms with Gasteiger partial charge in [-0.3, -0.25) is 4.90 Å². The van der Waals surface area contributed by atoms with Crippen LogP contribution in [0.2, 0.25) is 0 Å². The molecule has 0 saturated carbocycles. The molecule has 0 atom stereocenters. The Morgan fingerprint density at radius 2 is 1.85 bits per heavy atom. The number of halogens is 1. The van der Waals surface area contributed by atoms with Gasteiger partial charge in [0.05, 0.1) is 12.2 Å². The maximum atomic E-state index is 12.8. The molecular formula is C22H24BrNO2. The summed E-state index contributed by atoms with van der Waals surface area (Å²) in [4.78, 5) is 15.1. The van der Waals surface area contributed by atoms with Crippen molar-refractivity contribution in [1.29, 1.82) is 0 Å². The zero-order chi connectivity index (χ0) is 18.4. The van der Waals surface area contributed by atoms with E-state index in [1.54, 1.807) is 0 Å². The van der Waals surface area contributed by atoms with Crippen LogP contribution in [0.5, 0.6) is 0 Å². The SMILES string of the molecule is CCN1CCC(c2ccccc2)=C(C(=O)OCCc2ccc(Br)cc2)C1. The molecule has 0 N–H and O–H groups in total. The number of hydrogen-bond acceptors (Lipinski definition) is 3. The van der Waals surface area contributed by atoms with Crippen LogP contribution in [0.3, 0.4) is 0 Å². The molecule has 0 radical (unpaired) electrons. The number of ether oxygens (including phenoxy) is 1. The highest BCUT2D eigenvalue weighted by atomic mass is 79.9. The van der Waals surface area contributed by atoms with Crippen molar-refractivity contribution < 1.29 is 9.53 Å². The molecular weight excluding hydrogens is 390 g/mol. The van der Waals surface area contributed by atoms with E-state index < -0.39 is 0 Å². The molecule has 0 unspecified atom stereocenters. The molecule has 136 valence electrons. The Morgan fingerprint density at radius 3 is 2.54 bits per heavy atom. The van der Waals surface area contributed by atoms with Crippen molar-refractivity contribution >= 4 is 27.5 Å². The summed E-state index contributed by atoms with van der Waals surface area (Å²) in [5.41, 5.74) is 4.23. The van der Waals surface area contributed by atoms with Crippen LogP contribution in [-0.4, -0.2) is 37.1 Å². The number of nitrogens with zero attached hydrogens (tertiary/aromatic N) is 1. The third-order valence-corrected chi connectivity index (χ3v) is 5.31. The largest absolute Gasteiger partial charge is 0.462 e. The summed E-state index contributed by atoms with van der Waals surface area (Å²) in [6.07, 6.45) is 1.61. The molecule has 3 nitrogen and oxygen atoms in total. The van der Waals surface area contributed by atoms with E-state index in [0.717, 1.165) is 52.7 Å². The van der Waals surface area contributed by atoms with Gasteiger partial charge in [0.1, 0.15) is 0 Å². The minimum atomic E-state index is -0.181. The number of esters is 1. The third kappa shape index (κ3) is 4.83. The fraction of sp³-hybridized carbons (Fsp3) is 0.318. The van der Waals surface area contributed by atoms with Gasteiger partial charge in [-0.05, 0) is 41.8 Å². The second-order valence-electron chi connectivity index (χ2n) is 6.45. The van der Waals surface area contributed by atoms with Gasteiger partial charge >= 0.3 is 5.97 Å². The topological polar surface area (TPSA) is 29.5 Å². The Balaban J connectivity index is 1.70. The number of hydrogen-bond donors (Lipinski definition) is 0. The Hall–Kier alpha value is -1.91. The van der Waals surface area contributed by atoms with Crippen molar-refractivity contribution in [3.63, 3.8) is 0 Å². The summed E-state index contributed by atoms with van der Waals surface area (Å²) in [7, 11) is 0. The molecule has 0 aliphatic carbocycles. The number of rotatable bonds is 6. The Bertz CT molecular complexity index is 768. The van der Waals surface area contributed by atoms with E-state index in [0.29, 0.717) is 13.2 Å². The normalized spacial score (nSPS) is 15.2. The molecule has 2 aromatic rings. The van der Waals surface area contributed by atoms with Gasteiger partial charge in [0.2, 0.25) is 0 Å². The number of carbonyl (C=O) groups is 1. The average Bonchev–Trinajstić information content (AvgIpc) is 2.69. The van der Waals surface area contributed by atoms with E-state index in [2.05, 4.69) is 39.9 Å². The Kier molecular flexibility index (Phi) is 6.64. The van der Waals surface area contributed by atoms with Gasteiger partial charge in [0, 0.05) is 24.0 Å². The molecule has 0 amide bonds. The predicted molar refractivity (Wildman–Crippen MR) is 109 cm³/mol. The summed E-state index contributed by atoms with van der Waals surface area (Å²) >= 11 is 3.43. The first kappa shape index (κ1) is 18.9. The second kappa shape index (κ2) is 9.15. The fourth-order valence-corrected chi connectivity index (χ4v) is 3.50. The Morgan fingerprint density at radius 1 is 1.12 bits per heavy atom. The number of benzene rings is 2. The van der Waals surface area contributed by atoms with Crippen molar-refractivity contribution in [2.24, 2.45) is 0 Å². The molecule has 0 saturated heterocycles. The van der Waals surface area contributed by atoms with Gasteiger partial charge in [-0.2, -0.15) is 0 Å². The highest BCUT2D eigenvalue weighted by Gasteiger charge is 2.25. The molecule has 0 spiro atoms. The summed E-state index contributed by atoms with van der Waals surface area (Å²) in [6, 6.07) is 18.3. The summed E-state index contributed by atoms with van der Waals surface area (Å²) in [6.45, 7) is 5.12. The fourth-order valence-electron chi connectivity index (χ4n) is 3.23. The van der Waals surface area contributed by atoms with Crippen molar-refractivity contribution in [3.05, 3.63) is 75.8 Å². The van der Waals surface area contributed by atoms with Gasteiger partial charge in [0.15, 0.2) is 0 Å². The molecule has 1 aliphatic heterocycles. The standard InChI is InChI=1S/C22H24BrNO2/c1-2-24-14-12-20(18-6-4-3-5-7-18)21(16-24)22(25)26-15-13-17-8-10-19(23)11-9-17/h3-11H,2,12-16H2,1H3. The predicted octanol–water partition coefficient (Wildman–Crippen LogP) is 4.71. The molecule has 0 fully saturated rings. The first-order chi connectivity index (χ1) is 12.7. The molecule has 4 heteroatoms. The van der Waals surface area contributed by atoms with Crippen LogP contribution in [0.4, 0.5) is 0 Å². The third-order valence-electron chi connectivity index (χ3n) is 4.78. The van der Waals surface area contributed by atoms with Crippen LogP contribution in [0, 0.1) is 0 Å². The minimum absolute atomic E-state index is 0.181. The molecule has 0 aromatic heterocycles. The van der Waals surface area contributed by atoms with Gasteiger partial charge in [0.25, 0.3) is 0 Å². The van der Waals surface area contributed by atoms with E-state index in [1.807, 2.05) is 42.5 Å². The van der Waals surface area contributed by atoms with E-state index >= 15 is 0 Å². The molecule has 0 bridgehead atoms. The summed E-state index contributed by atoms with van der Waals surface area (Å²) in [5, 5.41) is 0. The lowest BCUT2D eigenvalue weighted by Gasteiger charge is -2.29. The van der Waals surface area contributed by atoms with Crippen molar-refractivity contribution in [1.82, 2.24) is 4.90 Å². The van der Waals surface area contributed by atoms with Gasteiger partial charge in [-0.1, -0.05) is 65.3 Å². The average molecular weight is 414 g/mol. The van der Waals surface area contributed by atoms with Crippen molar-refractivity contribution in [3.8, 4) is 0 Å². The Labute approximate surface area is 163 Å². The lowest BCUT2D eigenvalue weighted by atomic mass is 9.93. The molecule has 1 heterocycles. The summed E-state index contributed by atoms with van der Waals surface area (Å²) < 4.78 is 6.68. The first-order valence-corrected chi connectivity index (χ1v) is 9.88. The number of carbonyl (C=O) groups excluding carboxylic acids is 1. The van der Waals surface area contributed by atoms with E-state index in [-0.39, 0.29) is 5.97 Å². The molecule has 2 aromatic carbocycles. The van der Waals surface area contributed by atoms with Gasteiger partial charge in [-0.15, -0.1) is 0 Å². The number of likely N-dealkylation sites (N-methyl/N-ethyl adjacent to an activating group) is 1. The van der Waals surface area contributed by atoms with Crippen LogP contribution < -0.4 is 0 Å². The van der Waals surface area contributed by atoms with Crippen molar-refractivity contribution in [2.45, 2.75) is 19.8 Å². The molecule has 26 heavy (non-hydrogen) atoms. The van der Waals surface area contributed by atoms with Crippen molar-refractivity contribution in [2.75, 3.05) is 26.2 Å².